The van der Waals surface area contributed by atoms with Gasteiger partial charge in [0, 0.05) is 24.3 Å². The lowest BCUT2D eigenvalue weighted by Crippen LogP contribution is -3.00. The van der Waals surface area contributed by atoms with Crippen LogP contribution in [0.25, 0.3) is 0 Å². The molecule has 0 fully saturated rings. The molecule has 0 spiro atoms. The quantitative estimate of drug-likeness (QED) is 0.472. The van der Waals surface area contributed by atoms with Crippen LogP contribution in [-0.4, -0.2) is 9.52 Å². The Hall–Kier alpha value is -0.763. The summed E-state index contributed by atoms with van der Waals surface area (Å²) in [5, 5.41) is 2.79. The van der Waals surface area contributed by atoms with Crippen LogP contribution in [0.15, 0.2) is 60.7 Å². The number of rotatable bonds is 2. The Morgan fingerprint density at radius 2 is 0.867 bits per heavy atom. The van der Waals surface area contributed by atoms with Gasteiger partial charge in [0.1, 0.15) is 0 Å². The third kappa shape index (κ3) is 4.52. The number of benzene rings is 2. The molecule has 0 aliphatic heterocycles. The fourth-order valence-corrected chi connectivity index (χ4v) is 2.26. The second-order valence-electron chi connectivity index (χ2n) is 2.86. The summed E-state index contributed by atoms with van der Waals surface area (Å²) in [6.07, 6.45) is 0. The zero-order valence-corrected chi connectivity index (χ0v) is 10.5. The molecule has 0 saturated carbocycles. The van der Waals surface area contributed by atoms with Gasteiger partial charge in [0.2, 0.25) is 0 Å². The zero-order chi connectivity index (χ0) is 8.93. The molecule has 15 heavy (non-hydrogen) atoms. The molecule has 0 heterocycles. The Morgan fingerprint density at radius 3 is 1.20 bits per heavy atom. The van der Waals surface area contributed by atoms with Crippen molar-refractivity contribution >= 4 is 19.9 Å². The molecular weight excluding hydrogens is 243 g/mol. The highest BCUT2D eigenvalue weighted by molar-refractivity contribution is 6.67. The molecule has 2 aromatic carbocycles. The Balaban J connectivity index is 0.000000980. The van der Waals surface area contributed by atoms with Crippen LogP contribution >= 0.6 is 0 Å². The first-order chi connectivity index (χ1) is 6.45. The topological polar surface area (TPSA) is 0 Å². The lowest BCUT2D eigenvalue weighted by Gasteiger charge is -1.74. The molecule has 76 valence electrons. The van der Waals surface area contributed by atoms with Crippen molar-refractivity contribution in [3.8, 4) is 0 Å². The van der Waals surface area contributed by atoms with E-state index in [0.717, 1.165) is 9.52 Å². The molecule has 0 bridgehead atoms. The molecule has 0 nitrogen and oxygen atoms in total. The van der Waals surface area contributed by atoms with E-state index in [1.165, 1.54) is 10.4 Å². The molecule has 0 unspecified atom stereocenters. The third-order valence-corrected chi connectivity index (χ3v) is 3.08. The molecule has 2 aromatic rings. The van der Waals surface area contributed by atoms with Gasteiger partial charge < -0.3 is 24.8 Å². The van der Waals surface area contributed by atoms with Crippen LogP contribution in [0.2, 0.25) is 0 Å². The van der Waals surface area contributed by atoms with Gasteiger partial charge in [-0.05, 0) is 0 Å². The predicted octanol–water partition coefficient (Wildman–Crippen LogP) is -4.65. The zero-order valence-electron chi connectivity index (χ0n) is 8.03. The van der Waals surface area contributed by atoms with Crippen molar-refractivity contribution in [1.29, 1.82) is 0 Å². The van der Waals surface area contributed by atoms with E-state index in [9.17, 15) is 0 Å². The minimum Gasteiger partial charge on any atom is -1.00 e. The van der Waals surface area contributed by atoms with Crippen molar-refractivity contribution in [3.63, 3.8) is 0 Å². The Bertz CT molecular complexity index is 324. The van der Waals surface area contributed by atoms with E-state index < -0.39 is 0 Å². The molecule has 0 atom stereocenters. The fourth-order valence-electron chi connectivity index (χ4n) is 1.21. The number of hydrogen-bond donors (Lipinski definition) is 0. The number of hydrogen-bond acceptors (Lipinski definition) is 0. The van der Waals surface area contributed by atoms with Crippen LogP contribution in [0.3, 0.4) is 0 Å². The van der Waals surface area contributed by atoms with Crippen LogP contribution < -0.4 is 35.2 Å². The molecule has 0 radical (unpaired) electrons. The van der Waals surface area contributed by atoms with E-state index in [0.29, 0.717) is 0 Å². The molecule has 3 heteroatoms. The minimum atomic E-state index is 0. The fraction of sp³-hybridized carbons (Fsp3) is 0. The average Bonchev–Trinajstić information content (AvgIpc) is 2.21. The second kappa shape index (κ2) is 7.52. The summed E-state index contributed by atoms with van der Waals surface area (Å²) in [5.74, 6) is 0. The molecule has 0 N–H and O–H groups in total. The second-order valence-corrected chi connectivity index (χ2v) is 4.26. The summed E-state index contributed by atoms with van der Waals surface area (Å²) in [6.45, 7) is 0. The first-order valence-corrected chi connectivity index (χ1v) is 5.32. The molecule has 0 aliphatic rings. The van der Waals surface area contributed by atoms with E-state index in [1.807, 2.05) is 0 Å². The van der Waals surface area contributed by atoms with Crippen LogP contribution in [-0.2, 0) is 0 Å². The van der Waals surface area contributed by atoms with Gasteiger partial charge in [-0.2, -0.15) is 0 Å². The molecule has 0 aromatic heterocycles. The molecular formula is C12H10Cl2Si. The van der Waals surface area contributed by atoms with Crippen LogP contribution in [0, 0.1) is 0 Å². The molecule has 2 rings (SSSR count). The van der Waals surface area contributed by atoms with E-state index in [2.05, 4.69) is 60.7 Å². The minimum absolute atomic E-state index is 0. The normalized spacial score (nSPS) is 8.00. The van der Waals surface area contributed by atoms with Gasteiger partial charge in [0.15, 0.2) is 0 Å². The summed E-state index contributed by atoms with van der Waals surface area (Å²) in [6, 6.07) is 21.2. The monoisotopic (exact) mass is 252 g/mol. The summed E-state index contributed by atoms with van der Waals surface area (Å²) in [4.78, 5) is 0. The average molecular weight is 253 g/mol. The van der Waals surface area contributed by atoms with Crippen LogP contribution in [0.4, 0.5) is 0 Å². The SMILES string of the molecule is [Cl-].[Cl-].c1ccc([Si+2]c2ccccc2)cc1. The maximum atomic E-state index is 2.17. The maximum absolute atomic E-state index is 2.17. The molecule has 0 aliphatic carbocycles. The highest BCUT2D eigenvalue weighted by Gasteiger charge is 2.41. The third-order valence-electron chi connectivity index (χ3n) is 1.84. The Morgan fingerprint density at radius 1 is 0.533 bits per heavy atom. The van der Waals surface area contributed by atoms with Gasteiger partial charge in [-0.3, -0.25) is 0 Å². The van der Waals surface area contributed by atoms with Gasteiger partial charge in [-0.15, -0.1) is 0 Å². The van der Waals surface area contributed by atoms with E-state index in [4.69, 9.17) is 0 Å². The van der Waals surface area contributed by atoms with Crippen molar-refractivity contribution in [1.82, 2.24) is 0 Å². The predicted molar refractivity (Wildman–Crippen MR) is 57.9 cm³/mol. The highest BCUT2D eigenvalue weighted by Crippen LogP contribution is 1.84. The van der Waals surface area contributed by atoms with Crippen LogP contribution in [0.5, 0.6) is 0 Å². The van der Waals surface area contributed by atoms with Crippen molar-refractivity contribution in [3.05, 3.63) is 60.7 Å². The Kier molecular flexibility index (Phi) is 7.14. The van der Waals surface area contributed by atoms with Gasteiger partial charge in [0.25, 0.3) is 0 Å². The maximum Gasteiger partial charge on any atom is 1.01 e. The lowest BCUT2D eigenvalue weighted by atomic mass is 10.4. The largest absolute Gasteiger partial charge is 1.01 e. The van der Waals surface area contributed by atoms with Gasteiger partial charge >= 0.3 is 19.9 Å². The highest BCUT2D eigenvalue weighted by atomic mass is 35.5. The molecule has 0 amide bonds. The van der Waals surface area contributed by atoms with Gasteiger partial charge in [-0.1, -0.05) is 36.4 Å². The summed E-state index contributed by atoms with van der Waals surface area (Å²) in [7, 11) is 0.777. The summed E-state index contributed by atoms with van der Waals surface area (Å²) >= 11 is 0. The van der Waals surface area contributed by atoms with Crippen LogP contribution in [0.1, 0.15) is 0 Å². The summed E-state index contributed by atoms with van der Waals surface area (Å²) in [5.41, 5.74) is 0. The molecule has 0 saturated heterocycles. The van der Waals surface area contributed by atoms with Crippen molar-refractivity contribution in [2.24, 2.45) is 0 Å². The Labute approximate surface area is 105 Å². The van der Waals surface area contributed by atoms with E-state index in [1.54, 1.807) is 0 Å². The van der Waals surface area contributed by atoms with E-state index in [-0.39, 0.29) is 24.8 Å². The van der Waals surface area contributed by atoms with E-state index >= 15 is 0 Å². The standard InChI is InChI=1S/C12H10Si.2ClH/c1-3-7-11(8-4-1)13-12-9-5-2-6-10-12;;/h1-10H;2*1H/q+2;;/p-2. The van der Waals surface area contributed by atoms with Gasteiger partial charge in [-0.25, -0.2) is 0 Å². The summed E-state index contributed by atoms with van der Waals surface area (Å²) < 4.78 is 0. The first kappa shape index (κ1) is 14.2. The first-order valence-electron chi connectivity index (χ1n) is 4.32. The van der Waals surface area contributed by atoms with Crippen molar-refractivity contribution in [2.75, 3.05) is 0 Å². The lowest BCUT2D eigenvalue weighted by molar-refractivity contribution is -0.001000. The van der Waals surface area contributed by atoms with Gasteiger partial charge in [0.05, 0.1) is 0 Å². The van der Waals surface area contributed by atoms with Crippen molar-refractivity contribution < 1.29 is 24.8 Å². The van der Waals surface area contributed by atoms with Crippen molar-refractivity contribution in [2.45, 2.75) is 0 Å². The number of halogens is 2. The smallest absolute Gasteiger partial charge is 1.00 e.